The summed E-state index contributed by atoms with van der Waals surface area (Å²) >= 11 is 3.41. The third-order valence-corrected chi connectivity index (χ3v) is 19.2. The summed E-state index contributed by atoms with van der Waals surface area (Å²) in [4.78, 5) is 106. The molecule has 13 rings (SSSR count). The van der Waals surface area contributed by atoms with Crippen LogP contribution in [0.5, 0.6) is 0 Å². The van der Waals surface area contributed by atoms with E-state index in [1.165, 1.54) is 20.9 Å². The van der Waals surface area contributed by atoms with Gasteiger partial charge in [0.2, 0.25) is 17.7 Å². The van der Waals surface area contributed by atoms with Crippen molar-refractivity contribution in [3.8, 4) is 33.4 Å². The number of hydrogen-bond donors (Lipinski definition) is 3. The van der Waals surface area contributed by atoms with Crippen LogP contribution in [0.1, 0.15) is 127 Å². The summed E-state index contributed by atoms with van der Waals surface area (Å²) in [6.07, 6.45) is 29.4. The van der Waals surface area contributed by atoms with Crippen LogP contribution in [-0.4, -0.2) is 158 Å². The molecule has 492 valence electrons. The van der Waals surface area contributed by atoms with Gasteiger partial charge in [-0.25, -0.2) is 29.3 Å². The third-order valence-electron chi connectivity index (χ3n) is 18.8. The smallest absolute Gasteiger partial charge is 0.400 e. The number of pyridine rings is 6. The van der Waals surface area contributed by atoms with Crippen LogP contribution in [0, 0.1) is 0 Å². The maximum Gasteiger partial charge on any atom is 0.490 e. The summed E-state index contributed by atoms with van der Waals surface area (Å²) in [6, 6.07) is 11.1. The average Bonchev–Trinajstić information content (AvgIpc) is 1.54. The molecule has 0 radical (unpaired) electrons. The fraction of sp³-hybridized carbons (Fsp3) is 0.420. The molecule has 13 heterocycles. The number of hydrogen-bond acceptors (Lipinski definition) is 14. The maximum atomic E-state index is 11.6. The SMILES string of the molecule is CC(=O)N1CC=C(B2OC(C)(C)C(C)(C)O2)CC1.CC(=O)N1CC=C(c2cncc(-c3cnc4c(c3)CCCN4C(N)=O)c2)CC1.CC(=O)N1CCC(c2cncc(-c3cnc4c(c3)CCCN4C(N)=O)c2)CC1.NC(=O)N1CCCc2cc(-c3cncc(Br)c3)cnc21. The van der Waals surface area contributed by atoms with Gasteiger partial charge < -0.3 is 41.2 Å². The number of rotatable bonds is 6. The summed E-state index contributed by atoms with van der Waals surface area (Å²) in [6.45, 7) is 19.3. The second kappa shape index (κ2) is 29.6. The number of urea groups is 3. The first kappa shape index (κ1) is 67.9. The van der Waals surface area contributed by atoms with E-state index in [1.807, 2.05) is 45.6 Å². The number of anilines is 3. The first-order chi connectivity index (χ1) is 44.9. The van der Waals surface area contributed by atoms with Gasteiger partial charge in [0.25, 0.3) is 0 Å². The Bertz CT molecular complexity index is 3900. The van der Waals surface area contributed by atoms with Crippen molar-refractivity contribution in [1.29, 1.82) is 0 Å². The molecule has 0 aliphatic carbocycles. The molecule has 94 heavy (non-hydrogen) atoms. The van der Waals surface area contributed by atoms with Crippen molar-refractivity contribution in [3.63, 3.8) is 0 Å². The molecule has 0 atom stereocenters. The number of carbonyl (C=O) groups excluding carboxylic acids is 6. The molecular weight excluding hydrogens is 1260 g/mol. The zero-order valence-corrected chi connectivity index (χ0v) is 56.2. The van der Waals surface area contributed by atoms with Gasteiger partial charge in [0, 0.05) is 173 Å². The number of halogens is 1. The van der Waals surface area contributed by atoms with Gasteiger partial charge in [-0.3, -0.25) is 44.0 Å². The van der Waals surface area contributed by atoms with Gasteiger partial charge >= 0.3 is 25.2 Å². The molecule has 7 aliphatic rings. The molecule has 23 nitrogen and oxygen atoms in total. The number of nitrogens with two attached hydrogens (primary N) is 3. The number of nitrogens with zero attached hydrogens (tertiary/aromatic N) is 12. The van der Waals surface area contributed by atoms with Crippen molar-refractivity contribution in [2.75, 3.05) is 73.6 Å². The van der Waals surface area contributed by atoms with Crippen LogP contribution in [-0.2, 0) is 43.0 Å². The minimum atomic E-state index is -0.464. The first-order valence-corrected chi connectivity index (χ1v) is 32.9. The Labute approximate surface area is 557 Å². The van der Waals surface area contributed by atoms with E-state index in [2.05, 4.69) is 116 Å². The summed E-state index contributed by atoms with van der Waals surface area (Å²) in [5.74, 6) is 2.80. The Kier molecular flexibility index (Phi) is 21.4. The maximum absolute atomic E-state index is 11.6. The molecule has 7 aliphatic heterocycles. The highest BCUT2D eigenvalue weighted by Gasteiger charge is 2.52. The molecule has 6 aromatic heterocycles. The number of aromatic nitrogens is 6. The number of likely N-dealkylation sites (tertiary alicyclic amines) is 1. The standard InChI is InChI=1S/C21H25N5O2.C21H23N5O2.C14H13BrN4O.C13H22BNO3/c2*1-14(27)25-7-4-15(5-8-25)17-10-18(12-23-11-17)19-9-16-3-2-6-26(21(22)28)20(16)24-13-19;15-12-5-11(6-17-8-12)10-4-9-2-1-3-19(14(16)20)13(9)18-7-10;1-10(16)15-8-6-11(7-9-15)14-17-12(2,3)13(4,5)18-14/h9-13,15H,2-8H2,1H3,(H2,22,28);4,9-13H,2-3,5-8H2,1H3,(H2,22,28);4-8H,1-3H2,(H2,16,20);6H,7-9H2,1-5H3. The summed E-state index contributed by atoms with van der Waals surface area (Å²) in [5, 5.41) is 0. The van der Waals surface area contributed by atoms with Gasteiger partial charge in [0.15, 0.2) is 0 Å². The second-order valence-electron chi connectivity index (χ2n) is 25.6. The number of aryl methyl sites for hydroxylation is 3. The van der Waals surface area contributed by atoms with E-state index in [-0.39, 0.29) is 36.0 Å². The summed E-state index contributed by atoms with van der Waals surface area (Å²) < 4.78 is 12.9. The molecule has 6 N–H and O–H groups in total. The third kappa shape index (κ3) is 16.0. The lowest BCUT2D eigenvalue weighted by atomic mass is 9.75. The molecular formula is C69H83BBrN15O8. The molecule has 0 saturated carbocycles. The van der Waals surface area contributed by atoms with Crippen LogP contribution < -0.4 is 31.9 Å². The molecule has 0 unspecified atom stereocenters. The zero-order valence-electron chi connectivity index (χ0n) is 54.6. The van der Waals surface area contributed by atoms with Crippen LogP contribution in [0.25, 0.3) is 39.0 Å². The Morgan fingerprint density at radius 1 is 0.468 bits per heavy atom. The number of fused-ring (bicyclic) bond motifs is 3. The Hall–Kier alpha value is -8.94. The first-order valence-electron chi connectivity index (χ1n) is 32.1. The summed E-state index contributed by atoms with van der Waals surface area (Å²) in [5.41, 5.74) is 29.5. The van der Waals surface area contributed by atoms with Gasteiger partial charge in [0.1, 0.15) is 17.5 Å². The van der Waals surface area contributed by atoms with E-state index < -0.39 is 18.1 Å². The van der Waals surface area contributed by atoms with Gasteiger partial charge in [-0.15, -0.1) is 0 Å². The van der Waals surface area contributed by atoms with Crippen LogP contribution in [0.2, 0.25) is 0 Å². The lowest BCUT2D eigenvalue weighted by Gasteiger charge is -2.32. The largest absolute Gasteiger partial charge is 0.490 e. The van der Waals surface area contributed by atoms with Crippen LogP contribution in [0.15, 0.2) is 114 Å². The van der Waals surface area contributed by atoms with Crippen LogP contribution >= 0.6 is 15.9 Å². The second-order valence-corrected chi connectivity index (χ2v) is 26.5. The monoisotopic (exact) mass is 1340 g/mol. The molecule has 6 aromatic rings. The molecule has 0 aromatic carbocycles. The van der Waals surface area contributed by atoms with E-state index >= 15 is 0 Å². The van der Waals surface area contributed by atoms with E-state index in [0.29, 0.717) is 56.1 Å². The predicted octanol–water partition coefficient (Wildman–Crippen LogP) is 9.85. The molecule has 0 bridgehead atoms. The van der Waals surface area contributed by atoms with Crippen molar-refractivity contribution in [1.82, 2.24) is 44.6 Å². The Morgan fingerprint density at radius 3 is 1.29 bits per heavy atom. The van der Waals surface area contributed by atoms with E-state index in [1.54, 1.807) is 56.7 Å². The lowest BCUT2D eigenvalue weighted by Crippen LogP contribution is -2.41. The van der Waals surface area contributed by atoms with E-state index in [4.69, 9.17) is 26.5 Å². The number of carbonyl (C=O) groups is 6. The zero-order chi connectivity index (χ0) is 67.0. The van der Waals surface area contributed by atoms with Gasteiger partial charge in [-0.2, -0.15) is 0 Å². The van der Waals surface area contributed by atoms with E-state index in [0.717, 1.165) is 156 Å². The van der Waals surface area contributed by atoms with Crippen molar-refractivity contribution < 1.29 is 38.1 Å². The van der Waals surface area contributed by atoms with Crippen LogP contribution in [0.4, 0.5) is 31.8 Å². The summed E-state index contributed by atoms with van der Waals surface area (Å²) in [7, 11) is -0.260. The highest BCUT2D eigenvalue weighted by atomic mass is 79.9. The lowest BCUT2D eigenvalue weighted by molar-refractivity contribution is -0.130. The van der Waals surface area contributed by atoms with Crippen molar-refractivity contribution in [2.24, 2.45) is 17.2 Å². The number of primary amides is 3. The van der Waals surface area contributed by atoms with Crippen molar-refractivity contribution in [2.45, 2.75) is 130 Å². The Morgan fingerprint density at radius 2 is 0.872 bits per heavy atom. The van der Waals surface area contributed by atoms with Gasteiger partial charge in [-0.1, -0.05) is 12.2 Å². The molecule has 9 amide bonds. The molecule has 25 heteroatoms. The fourth-order valence-corrected chi connectivity index (χ4v) is 13.0. The minimum Gasteiger partial charge on any atom is -0.400 e. The van der Waals surface area contributed by atoms with Gasteiger partial charge in [0.05, 0.1) is 11.2 Å². The molecule has 0 spiro atoms. The fourth-order valence-electron chi connectivity index (χ4n) is 12.6. The van der Waals surface area contributed by atoms with Crippen LogP contribution in [0.3, 0.4) is 0 Å². The average molecular weight is 1340 g/mol. The van der Waals surface area contributed by atoms with E-state index in [9.17, 15) is 28.8 Å². The highest BCUT2D eigenvalue weighted by Crippen LogP contribution is 2.40. The number of amides is 9. The minimum absolute atomic E-state index is 0.104. The molecule has 2 saturated heterocycles. The van der Waals surface area contributed by atoms with Crippen molar-refractivity contribution >= 4 is 81.9 Å². The Balaban J connectivity index is 0.000000139. The molecule has 2 fully saturated rings. The quantitative estimate of drug-likeness (QED) is 0.131. The number of piperidine rings is 1. The predicted molar refractivity (Wildman–Crippen MR) is 366 cm³/mol. The van der Waals surface area contributed by atoms with Crippen molar-refractivity contribution in [3.05, 3.63) is 142 Å². The highest BCUT2D eigenvalue weighted by molar-refractivity contribution is 9.10. The normalized spacial score (nSPS) is 18.0. The topological polar surface area (TPSA) is 296 Å². The van der Waals surface area contributed by atoms with Gasteiger partial charge in [-0.05, 0) is 189 Å².